The predicted octanol–water partition coefficient (Wildman–Crippen LogP) is 1.30. The molecule has 1 N–H and O–H groups in total. The fourth-order valence-electron chi connectivity index (χ4n) is 3.47. The summed E-state index contributed by atoms with van der Waals surface area (Å²) >= 11 is 0. The number of hydrogen-bond donors (Lipinski definition) is 1. The maximum absolute atomic E-state index is 12.8. The van der Waals surface area contributed by atoms with E-state index in [1.54, 1.807) is 0 Å². The van der Waals surface area contributed by atoms with Gasteiger partial charge in [-0.25, -0.2) is 8.42 Å². The highest BCUT2D eigenvalue weighted by Gasteiger charge is 2.30. The average Bonchev–Trinajstić information content (AvgIpc) is 2.63. The van der Waals surface area contributed by atoms with Gasteiger partial charge in [-0.15, -0.1) is 24.8 Å². The zero-order valence-electron chi connectivity index (χ0n) is 15.6. The topological polar surface area (TPSA) is 69.7 Å². The molecule has 154 valence electrons. The van der Waals surface area contributed by atoms with Gasteiger partial charge in [0, 0.05) is 32.7 Å². The number of nitrogens with one attached hydrogen (secondary N) is 1. The molecule has 1 aromatic carbocycles. The number of rotatable bonds is 4. The molecule has 27 heavy (non-hydrogen) atoms. The van der Waals surface area contributed by atoms with Crippen molar-refractivity contribution in [3.05, 3.63) is 35.4 Å². The molecular formula is C18H29Cl2N3O3S. The molecule has 0 radical (unpaired) electrons. The van der Waals surface area contributed by atoms with E-state index in [4.69, 9.17) is 0 Å². The van der Waals surface area contributed by atoms with E-state index in [1.807, 2.05) is 9.80 Å². The van der Waals surface area contributed by atoms with Gasteiger partial charge in [0.2, 0.25) is 5.91 Å². The Morgan fingerprint density at radius 3 is 2.33 bits per heavy atom. The summed E-state index contributed by atoms with van der Waals surface area (Å²) in [7, 11) is -2.91. The highest BCUT2D eigenvalue weighted by Crippen LogP contribution is 2.23. The van der Waals surface area contributed by atoms with Gasteiger partial charge in [0.1, 0.15) is 0 Å². The lowest BCUT2D eigenvalue weighted by atomic mass is 10.0. The Balaban J connectivity index is 0.00000182. The standard InChI is InChI=1S/C18H27N3O3S.2ClH/c1-2-15-3-5-16(6-4-15)17-13-19-7-8-21(17)18(22)14-20-9-11-25(23,24)12-10-20;;/h3-6,17,19H,2,7-14H2,1H3;2*1H. The first kappa shape index (κ1) is 24.2. The van der Waals surface area contributed by atoms with Crippen molar-refractivity contribution in [2.75, 3.05) is 50.8 Å². The lowest BCUT2D eigenvalue weighted by Crippen LogP contribution is -2.52. The van der Waals surface area contributed by atoms with Crippen molar-refractivity contribution in [1.82, 2.24) is 15.1 Å². The molecule has 6 nitrogen and oxygen atoms in total. The summed E-state index contributed by atoms with van der Waals surface area (Å²) in [5.74, 6) is 0.401. The fourth-order valence-corrected chi connectivity index (χ4v) is 4.74. The number of sulfone groups is 1. The van der Waals surface area contributed by atoms with Gasteiger partial charge in [0.05, 0.1) is 24.1 Å². The van der Waals surface area contributed by atoms with Crippen molar-refractivity contribution >= 4 is 40.6 Å². The summed E-state index contributed by atoms with van der Waals surface area (Å²) in [6, 6.07) is 8.53. The number of aryl methyl sites for hydroxylation is 1. The van der Waals surface area contributed by atoms with Crippen LogP contribution in [0.15, 0.2) is 24.3 Å². The lowest BCUT2D eigenvalue weighted by molar-refractivity contribution is -0.135. The summed E-state index contributed by atoms with van der Waals surface area (Å²) < 4.78 is 23.1. The number of carbonyl (C=O) groups excluding carboxylic acids is 1. The molecular weight excluding hydrogens is 409 g/mol. The quantitative estimate of drug-likeness (QED) is 0.768. The predicted molar refractivity (Wildman–Crippen MR) is 113 cm³/mol. The Kier molecular flexibility index (Phi) is 9.51. The van der Waals surface area contributed by atoms with Crippen LogP contribution in [0.25, 0.3) is 0 Å². The monoisotopic (exact) mass is 437 g/mol. The molecule has 1 unspecified atom stereocenters. The summed E-state index contributed by atoms with van der Waals surface area (Å²) in [4.78, 5) is 16.7. The van der Waals surface area contributed by atoms with E-state index in [2.05, 4.69) is 36.5 Å². The minimum Gasteiger partial charge on any atom is -0.332 e. The lowest BCUT2D eigenvalue weighted by Gasteiger charge is -2.38. The number of carbonyl (C=O) groups is 1. The molecule has 1 aromatic rings. The minimum atomic E-state index is -2.91. The van der Waals surface area contributed by atoms with Crippen LogP contribution < -0.4 is 5.32 Å². The minimum absolute atomic E-state index is 0. The van der Waals surface area contributed by atoms with Gasteiger partial charge in [-0.3, -0.25) is 9.69 Å². The third-order valence-corrected chi connectivity index (χ3v) is 6.74. The molecule has 2 aliphatic rings. The first-order valence-corrected chi connectivity index (χ1v) is 10.8. The van der Waals surface area contributed by atoms with Gasteiger partial charge >= 0.3 is 0 Å². The van der Waals surface area contributed by atoms with Gasteiger partial charge in [-0.1, -0.05) is 31.2 Å². The Labute approximate surface area is 174 Å². The van der Waals surface area contributed by atoms with Crippen LogP contribution in [0, 0.1) is 0 Å². The molecule has 1 atom stereocenters. The normalized spacial score (nSPS) is 22.4. The largest absolute Gasteiger partial charge is 0.332 e. The van der Waals surface area contributed by atoms with E-state index in [0.29, 0.717) is 26.2 Å². The van der Waals surface area contributed by atoms with Gasteiger partial charge in [-0.05, 0) is 17.5 Å². The second-order valence-electron chi connectivity index (χ2n) is 6.83. The van der Waals surface area contributed by atoms with Gasteiger partial charge in [0.25, 0.3) is 0 Å². The summed E-state index contributed by atoms with van der Waals surface area (Å²) in [5.41, 5.74) is 2.44. The van der Waals surface area contributed by atoms with Crippen LogP contribution in [0.4, 0.5) is 0 Å². The number of benzene rings is 1. The van der Waals surface area contributed by atoms with E-state index < -0.39 is 9.84 Å². The van der Waals surface area contributed by atoms with Gasteiger partial charge < -0.3 is 10.2 Å². The van der Waals surface area contributed by atoms with E-state index in [9.17, 15) is 13.2 Å². The molecule has 0 bridgehead atoms. The number of amides is 1. The smallest absolute Gasteiger partial charge is 0.237 e. The van der Waals surface area contributed by atoms with Crippen LogP contribution in [0.1, 0.15) is 24.1 Å². The molecule has 0 aliphatic carbocycles. The fraction of sp³-hybridized carbons (Fsp3) is 0.611. The number of nitrogens with zero attached hydrogens (tertiary/aromatic N) is 2. The molecule has 1 amide bonds. The van der Waals surface area contributed by atoms with Crippen LogP contribution in [0.5, 0.6) is 0 Å². The molecule has 0 spiro atoms. The molecule has 3 rings (SSSR count). The van der Waals surface area contributed by atoms with Crippen molar-refractivity contribution < 1.29 is 13.2 Å². The SMILES string of the molecule is CCc1ccc(C2CNCCN2C(=O)CN2CCS(=O)(=O)CC2)cc1.Cl.Cl. The van der Waals surface area contributed by atoms with E-state index >= 15 is 0 Å². The van der Waals surface area contributed by atoms with Crippen LogP contribution in [-0.2, 0) is 21.1 Å². The maximum atomic E-state index is 12.8. The Morgan fingerprint density at radius 1 is 1.11 bits per heavy atom. The molecule has 2 aliphatic heterocycles. The zero-order chi connectivity index (χ0) is 17.9. The molecule has 2 fully saturated rings. The van der Waals surface area contributed by atoms with Crippen LogP contribution in [-0.4, -0.2) is 74.9 Å². The zero-order valence-corrected chi connectivity index (χ0v) is 18.0. The van der Waals surface area contributed by atoms with Crippen molar-refractivity contribution in [2.45, 2.75) is 19.4 Å². The molecule has 9 heteroatoms. The van der Waals surface area contributed by atoms with Crippen molar-refractivity contribution in [1.29, 1.82) is 0 Å². The van der Waals surface area contributed by atoms with E-state index in [1.165, 1.54) is 5.56 Å². The van der Waals surface area contributed by atoms with E-state index in [0.717, 1.165) is 25.1 Å². The molecule has 2 heterocycles. The van der Waals surface area contributed by atoms with Crippen LogP contribution in [0.2, 0.25) is 0 Å². The second kappa shape index (κ2) is 10.6. The van der Waals surface area contributed by atoms with E-state index in [-0.39, 0.29) is 48.3 Å². The highest BCUT2D eigenvalue weighted by molar-refractivity contribution is 7.91. The van der Waals surface area contributed by atoms with Crippen molar-refractivity contribution in [3.8, 4) is 0 Å². The second-order valence-corrected chi connectivity index (χ2v) is 9.13. The Hall–Kier alpha value is -0.860. The Bertz CT molecular complexity index is 699. The summed E-state index contributed by atoms with van der Waals surface area (Å²) in [6.45, 7) is 5.58. The first-order valence-electron chi connectivity index (χ1n) is 9.00. The van der Waals surface area contributed by atoms with Crippen molar-refractivity contribution in [3.63, 3.8) is 0 Å². The molecule has 2 saturated heterocycles. The number of piperazine rings is 1. The van der Waals surface area contributed by atoms with Gasteiger partial charge in [0.15, 0.2) is 9.84 Å². The Morgan fingerprint density at radius 2 is 1.74 bits per heavy atom. The maximum Gasteiger partial charge on any atom is 0.237 e. The third-order valence-electron chi connectivity index (χ3n) is 5.13. The average molecular weight is 438 g/mol. The van der Waals surface area contributed by atoms with Crippen LogP contribution in [0.3, 0.4) is 0 Å². The summed E-state index contributed by atoms with van der Waals surface area (Å²) in [5, 5.41) is 3.37. The van der Waals surface area contributed by atoms with Crippen LogP contribution >= 0.6 is 24.8 Å². The summed E-state index contributed by atoms with van der Waals surface area (Å²) in [6.07, 6.45) is 1.00. The molecule has 0 aromatic heterocycles. The molecule has 0 saturated carbocycles. The van der Waals surface area contributed by atoms with Gasteiger partial charge in [-0.2, -0.15) is 0 Å². The third kappa shape index (κ3) is 6.32. The number of hydrogen-bond acceptors (Lipinski definition) is 5. The van der Waals surface area contributed by atoms with Crippen molar-refractivity contribution in [2.24, 2.45) is 0 Å². The number of halogens is 2. The highest BCUT2D eigenvalue weighted by atomic mass is 35.5. The first-order chi connectivity index (χ1) is 12.0.